The number of anilines is 1. The van der Waals surface area contributed by atoms with Crippen LogP contribution >= 0.6 is 0 Å². The number of carbonyl (C=O) groups excluding carboxylic acids is 2. The van der Waals surface area contributed by atoms with E-state index in [4.69, 9.17) is 0 Å². The summed E-state index contributed by atoms with van der Waals surface area (Å²) >= 11 is 0. The van der Waals surface area contributed by atoms with Gasteiger partial charge >= 0.3 is 0 Å². The Morgan fingerprint density at radius 1 is 1.38 bits per heavy atom. The molecule has 1 saturated heterocycles. The predicted octanol–water partition coefficient (Wildman–Crippen LogP) is 1.96. The molecule has 24 heavy (non-hydrogen) atoms. The fourth-order valence-corrected chi connectivity index (χ4v) is 2.95. The van der Waals surface area contributed by atoms with Crippen molar-refractivity contribution >= 4 is 17.5 Å². The summed E-state index contributed by atoms with van der Waals surface area (Å²) in [6.07, 6.45) is 6.03. The van der Waals surface area contributed by atoms with Crippen LogP contribution in [0.5, 0.6) is 0 Å². The minimum Gasteiger partial charge on any atom is -0.351 e. The first kappa shape index (κ1) is 16.2. The molecule has 1 fully saturated rings. The van der Waals surface area contributed by atoms with Gasteiger partial charge in [-0.05, 0) is 37.5 Å². The molecule has 1 aromatic heterocycles. The Kier molecular flexibility index (Phi) is 4.93. The van der Waals surface area contributed by atoms with Gasteiger partial charge in [-0.15, -0.1) is 0 Å². The molecule has 2 N–H and O–H groups in total. The molecule has 0 aliphatic carbocycles. The molecule has 0 saturated carbocycles. The zero-order valence-corrected chi connectivity index (χ0v) is 13.8. The van der Waals surface area contributed by atoms with E-state index in [1.165, 1.54) is 0 Å². The highest BCUT2D eigenvalue weighted by molar-refractivity contribution is 5.96. The Morgan fingerprint density at radius 3 is 2.88 bits per heavy atom. The van der Waals surface area contributed by atoms with Gasteiger partial charge in [-0.3, -0.25) is 14.7 Å². The molecule has 1 atom stereocenters. The SMILES string of the molecule is Cc1ccc(N2C[C@@H](NC(=O)CCCc3cn[nH]c3)CC2=O)cc1. The van der Waals surface area contributed by atoms with Crippen molar-refractivity contribution in [3.05, 3.63) is 47.8 Å². The Morgan fingerprint density at radius 2 is 2.17 bits per heavy atom. The van der Waals surface area contributed by atoms with E-state index in [0.29, 0.717) is 19.4 Å². The maximum Gasteiger partial charge on any atom is 0.229 e. The second kappa shape index (κ2) is 7.29. The number of hydrogen-bond acceptors (Lipinski definition) is 3. The summed E-state index contributed by atoms with van der Waals surface area (Å²) in [6, 6.07) is 7.76. The highest BCUT2D eigenvalue weighted by atomic mass is 16.2. The molecular weight excluding hydrogens is 304 g/mol. The van der Waals surface area contributed by atoms with Gasteiger partial charge in [0.15, 0.2) is 0 Å². The summed E-state index contributed by atoms with van der Waals surface area (Å²) in [6.45, 7) is 2.55. The van der Waals surface area contributed by atoms with Crippen LogP contribution in [0.15, 0.2) is 36.7 Å². The highest BCUT2D eigenvalue weighted by Crippen LogP contribution is 2.22. The van der Waals surface area contributed by atoms with Crippen LogP contribution in [-0.4, -0.2) is 34.6 Å². The van der Waals surface area contributed by atoms with Gasteiger partial charge in [-0.25, -0.2) is 0 Å². The van der Waals surface area contributed by atoms with Crippen LogP contribution in [-0.2, 0) is 16.0 Å². The third kappa shape index (κ3) is 4.01. The molecule has 1 aliphatic rings. The molecule has 126 valence electrons. The topological polar surface area (TPSA) is 78.1 Å². The zero-order chi connectivity index (χ0) is 16.9. The number of H-pyrrole nitrogens is 1. The van der Waals surface area contributed by atoms with E-state index in [9.17, 15) is 9.59 Å². The van der Waals surface area contributed by atoms with Crippen LogP contribution in [0.1, 0.15) is 30.4 Å². The van der Waals surface area contributed by atoms with E-state index in [0.717, 1.165) is 29.7 Å². The van der Waals surface area contributed by atoms with Crippen LogP contribution in [0.3, 0.4) is 0 Å². The molecule has 2 aromatic rings. The molecule has 6 heteroatoms. The molecule has 1 aliphatic heterocycles. The lowest BCUT2D eigenvalue weighted by Crippen LogP contribution is -2.37. The van der Waals surface area contributed by atoms with Crippen molar-refractivity contribution in [3.63, 3.8) is 0 Å². The Hall–Kier alpha value is -2.63. The average molecular weight is 326 g/mol. The lowest BCUT2D eigenvalue weighted by atomic mass is 10.1. The van der Waals surface area contributed by atoms with Crippen molar-refractivity contribution in [3.8, 4) is 0 Å². The number of hydrogen-bond donors (Lipinski definition) is 2. The number of aryl methyl sites for hydroxylation is 2. The summed E-state index contributed by atoms with van der Waals surface area (Å²) in [5, 5.41) is 9.62. The molecule has 0 bridgehead atoms. The van der Waals surface area contributed by atoms with Crippen molar-refractivity contribution in [2.75, 3.05) is 11.4 Å². The van der Waals surface area contributed by atoms with Gasteiger partial charge in [0.05, 0.1) is 12.2 Å². The fourth-order valence-electron chi connectivity index (χ4n) is 2.95. The molecule has 6 nitrogen and oxygen atoms in total. The lowest BCUT2D eigenvalue weighted by Gasteiger charge is -2.17. The third-order valence-corrected chi connectivity index (χ3v) is 4.26. The van der Waals surface area contributed by atoms with Gasteiger partial charge in [0.2, 0.25) is 11.8 Å². The first-order valence-electron chi connectivity index (χ1n) is 8.26. The monoisotopic (exact) mass is 326 g/mol. The summed E-state index contributed by atoms with van der Waals surface area (Å²) in [7, 11) is 0. The first-order chi connectivity index (χ1) is 11.6. The number of aromatic amines is 1. The van der Waals surface area contributed by atoms with Gasteiger partial charge in [-0.1, -0.05) is 17.7 Å². The van der Waals surface area contributed by atoms with Crippen molar-refractivity contribution in [1.29, 1.82) is 0 Å². The number of benzene rings is 1. The number of aromatic nitrogens is 2. The second-order valence-electron chi connectivity index (χ2n) is 6.27. The molecule has 0 unspecified atom stereocenters. The summed E-state index contributed by atoms with van der Waals surface area (Å²) in [5.74, 6) is 0.0598. The van der Waals surface area contributed by atoms with Crippen LogP contribution in [0.2, 0.25) is 0 Å². The van der Waals surface area contributed by atoms with Crippen molar-refractivity contribution in [1.82, 2.24) is 15.5 Å². The van der Waals surface area contributed by atoms with E-state index in [1.54, 1.807) is 11.1 Å². The summed E-state index contributed by atoms with van der Waals surface area (Å²) in [5.41, 5.74) is 3.15. The minimum atomic E-state index is -0.111. The van der Waals surface area contributed by atoms with E-state index < -0.39 is 0 Å². The normalized spacial score (nSPS) is 17.3. The summed E-state index contributed by atoms with van der Waals surface area (Å²) in [4.78, 5) is 26.0. The molecule has 0 radical (unpaired) electrons. The molecule has 0 spiro atoms. The fraction of sp³-hybridized carbons (Fsp3) is 0.389. The third-order valence-electron chi connectivity index (χ3n) is 4.26. The lowest BCUT2D eigenvalue weighted by molar-refractivity contribution is -0.121. The van der Waals surface area contributed by atoms with Crippen molar-refractivity contribution < 1.29 is 9.59 Å². The van der Waals surface area contributed by atoms with Gasteiger partial charge in [0, 0.05) is 31.3 Å². The van der Waals surface area contributed by atoms with E-state index in [-0.39, 0.29) is 17.9 Å². The molecule has 2 heterocycles. The number of nitrogens with zero attached hydrogens (tertiary/aromatic N) is 2. The summed E-state index contributed by atoms with van der Waals surface area (Å²) < 4.78 is 0. The van der Waals surface area contributed by atoms with Crippen LogP contribution < -0.4 is 10.2 Å². The number of rotatable bonds is 6. The smallest absolute Gasteiger partial charge is 0.229 e. The van der Waals surface area contributed by atoms with Gasteiger partial charge in [-0.2, -0.15) is 5.10 Å². The second-order valence-corrected chi connectivity index (χ2v) is 6.27. The quantitative estimate of drug-likeness (QED) is 0.852. The predicted molar refractivity (Wildman–Crippen MR) is 91.6 cm³/mol. The van der Waals surface area contributed by atoms with E-state index >= 15 is 0 Å². The van der Waals surface area contributed by atoms with Crippen molar-refractivity contribution in [2.24, 2.45) is 0 Å². The number of nitrogens with one attached hydrogen (secondary N) is 2. The zero-order valence-electron chi connectivity index (χ0n) is 13.8. The van der Waals surface area contributed by atoms with Crippen molar-refractivity contribution in [2.45, 2.75) is 38.6 Å². The van der Waals surface area contributed by atoms with Crippen LogP contribution in [0, 0.1) is 6.92 Å². The molecule has 3 rings (SSSR count). The molecule has 1 aromatic carbocycles. The van der Waals surface area contributed by atoms with E-state index in [2.05, 4.69) is 15.5 Å². The number of carbonyl (C=O) groups is 2. The maximum atomic E-state index is 12.2. The molecule has 2 amide bonds. The minimum absolute atomic E-state index is 0.00190. The van der Waals surface area contributed by atoms with Crippen LogP contribution in [0.4, 0.5) is 5.69 Å². The van der Waals surface area contributed by atoms with Gasteiger partial charge < -0.3 is 10.2 Å². The first-order valence-corrected chi connectivity index (χ1v) is 8.26. The van der Waals surface area contributed by atoms with E-state index in [1.807, 2.05) is 37.4 Å². The van der Waals surface area contributed by atoms with Crippen LogP contribution in [0.25, 0.3) is 0 Å². The Bertz CT molecular complexity index is 694. The average Bonchev–Trinajstić information content (AvgIpc) is 3.18. The van der Waals surface area contributed by atoms with Gasteiger partial charge in [0.1, 0.15) is 0 Å². The highest BCUT2D eigenvalue weighted by Gasteiger charge is 2.31. The largest absolute Gasteiger partial charge is 0.351 e. The number of amides is 2. The Balaban J connectivity index is 1.47. The standard InChI is InChI=1S/C18H22N4O2/c1-13-5-7-16(8-6-13)22-12-15(9-18(22)24)21-17(23)4-2-3-14-10-19-20-11-14/h5-8,10-11,15H,2-4,9,12H2,1H3,(H,19,20)(H,21,23)/t15-/m0/s1. The molecular formula is C18H22N4O2. The van der Waals surface area contributed by atoms with Gasteiger partial charge in [0.25, 0.3) is 0 Å². The Labute approximate surface area is 141 Å². The maximum absolute atomic E-state index is 12.2.